The Morgan fingerprint density at radius 1 is 0.520 bits per heavy atom. The maximum atomic E-state index is 12.5. The van der Waals surface area contributed by atoms with Gasteiger partial charge in [-0.2, -0.15) is 0 Å². The molecule has 0 aromatic heterocycles. The molecular weight excluding hydrogens is 653 g/mol. The summed E-state index contributed by atoms with van der Waals surface area (Å²) in [6.45, 7) is 3.73. The van der Waals surface area contributed by atoms with Crippen LogP contribution >= 0.6 is 7.82 Å². The number of nitrogens with two attached hydrogens (primary N) is 1. The Balaban J connectivity index is 3.99. The van der Waals surface area contributed by atoms with Crippen LogP contribution in [0.5, 0.6) is 0 Å². The summed E-state index contributed by atoms with van der Waals surface area (Å²) in [6.07, 6.45) is 35.8. The molecule has 2 unspecified atom stereocenters. The zero-order valence-corrected chi connectivity index (χ0v) is 33.6. The molecule has 9 nitrogen and oxygen atoms in total. The highest BCUT2D eigenvalue weighted by atomic mass is 31.2. The Labute approximate surface area is 307 Å². The highest BCUT2D eigenvalue weighted by molar-refractivity contribution is 7.47. The second-order valence-electron chi connectivity index (χ2n) is 14.2. The van der Waals surface area contributed by atoms with Crippen molar-refractivity contribution in [3.05, 3.63) is 0 Å². The fourth-order valence-corrected chi connectivity index (χ4v) is 6.87. The van der Waals surface area contributed by atoms with E-state index >= 15 is 0 Å². The van der Waals surface area contributed by atoms with Gasteiger partial charge in [-0.15, -0.1) is 0 Å². The topological polar surface area (TPSA) is 134 Å². The largest absolute Gasteiger partial charge is 0.472 e. The Morgan fingerprint density at radius 2 is 0.860 bits per heavy atom. The zero-order chi connectivity index (χ0) is 36.8. The Bertz CT molecular complexity index is 799. The molecule has 0 saturated heterocycles. The molecule has 2 atom stereocenters. The molecule has 3 N–H and O–H groups in total. The van der Waals surface area contributed by atoms with Crippen LogP contribution in [0.4, 0.5) is 0 Å². The lowest BCUT2D eigenvalue weighted by Crippen LogP contribution is -2.29. The van der Waals surface area contributed by atoms with Crippen molar-refractivity contribution in [1.82, 2.24) is 0 Å². The van der Waals surface area contributed by atoms with Crippen LogP contribution in [0, 0.1) is 0 Å². The maximum absolute atomic E-state index is 12.5. The SMILES string of the molecule is CCCCCCCCCCCCCCCCCCCCCCCC(=O)OC(COC(=O)CCCCCCCCCC)COP(=O)(O)OCCN. The number of unbranched alkanes of at least 4 members (excludes halogenated alkanes) is 27. The van der Waals surface area contributed by atoms with Crippen LogP contribution in [0.25, 0.3) is 0 Å². The third-order valence-corrected chi connectivity index (χ3v) is 10.2. The molecule has 0 aliphatic heterocycles. The molecule has 0 bridgehead atoms. The van der Waals surface area contributed by atoms with Gasteiger partial charge in [-0.25, -0.2) is 4.57 Å². The molecule has 0 spiro atoms. The first-order chi connectivity index (χ1) is 24.3. The van der Waals surface area contributed by atoms with E-state index in [4.69, 9.17) is 24.3 Å². The second kappa shape index (κ2) is 37.8. The average Bonchev–Trinajstić information content (AvgIpc) is 3.10. The van der Waals surface area contributed by atoms with Crippen molar-refractivity contribution in [3.63, 3.8) is 0 Å². The summed E-state index contributed by atoms with van der Waals surface area (Å²) in [5.41, 5.74) is 5.33. The fraction of sp³-hybridized carbons (Fsp3) is 0.950. The van der Waals surface area contributed by atoms with Crippen LogP contribution < -0.4 is 5.73 Å². The van der Waals surface area contributed by atoms with Gasteiger partial charge in [0.1, 0.15) is 6.61 Å². The van der Waals surface area contributed by atoms with E-state index in [1.165, 1.54) is 148 Å². The molecule has 0 aromatic rings. The van der Waals surface area contributed by atoms with Gasteiger partial charge in [0.25, 0.3) is 0 Å². The Hall–Kier alpha value is -0.990. The van der Waals surface area contributed by atoms with E-state index in [9.17, 15) is 19.0 Å². The summed E-state index contributed by atoms with van der Waals surface area (Å²) in [5, 5.41) is 0. The number of carbonyl (C=O) groups excluding carboxylic acids is 2. The maximum Gasteiger partial charge on any atom is 0.472 e. The minimum atomic E-state index is -4.36. The van der Waals surface area contributed by atoms with E-state index in [2.05, 4.69) is 13.8 Å². The highest BCUT2D eigenvalue weighted by Crippen LogP contribution is 2.43. The molecule has 10 heteroatoms. The van der Waals surface area contributed by atoms with Crippen LogP contribution in [-0.4, -0.2) is 49.3 Å². The van der Waals surface area contributed by atoms with Crippen molar-refractivity contribution >= 4 is 19.8 Å². The number of phosphoric ester groups is 1. The summed E-state index contributed by atoms with van der Waals surface area (Å²) in [6, 6.07) is 0. The van der Waals surface area contributed by atoms with Gasteiger partial charge < -0.3 is 20.1 Å². The van der Waals surface area contributed by atoms with Crippen molar-refractivity contribution in [2.75, 3.05) is 26.4 Å². The van der Waals surface area contributed by atoms with E-state index in [0.29, 0.717) is 6.42 Å². The number of ether oxygens (including phenoxy) is 2. The average molecular weight is 734 g/mol. The van der Waals surface area contributed by atoms with Crippen LogP contribution in [0.1, 0.15) is 213 Å². The number of hydrogen-bond donors (Lipinski definition) is 2. The van der Waals surface area contributed by atoms with Crippen LogP contribution in [0.2, 0.25) is 0 Å². The summed E-state index contributed by atoms with van der Waals surface area (Å²) in [7, 11) is -4.36. The molecule has 0 fully saturated rings. The number of esters is 2. The Kier molecular flexibility index (Phi) is 37.0. The minimum absolute atomic E-state index is 0.0577. The summed E-state index contributed by atoms with van der Waals surface area (Å²) in [4.78, 5) is 34.6. The third-order valence-electron chi connectivity index (χ3n) is 9.24. The van der Waals surface area contributed by atoms with Crippen molar-refractivity contribution < 1.29 is 37.6 Å². The number of rotatable bonds is 40. The second-order valence-corrected chi connectivity index (χ2v) is 15.7. The summed E-state index contributed by atoms with van der Waals surface area (Å²) in [5.74, 6) is -0.820. The fourth-order valence-electron chi connectivity index (χ4n) is 6.11. The monoisotopic (exact) mass is 734 g/mol. The molecule has 50 heavy (non-hydrogen) atoms. The lowest BCUT2D eigenvalue weighted by Gasteiger charge is -2.19. The van der Waals surface area contributed by atoms with E-state index in [0.717, 1.165) is 32.1 Å². The van der Waals surface area contributed by atoms with Gasteiger partial charge in [-0.05, 0) is 12.8 Å². The summed E-state index contributed by atoms with van der Waals surface area (Å²) >= 11 is 0. The normalized spacial score (nSPS) is 13.3. The molecule has 0 heterocycles. The van der Waals surface area contributed by atoms with Gasteiger partial charge in [0.2, 0.25) is 0 Å². The third kappa shape index (κ3) is 36.8. The van der Waals surface area contributed by atoms with Gasteiger partial charge in [0.15, 0.2) is 6.10 Å². The molecule has 0 aliphatic rings. The lowest BCUT2D eigenvalue weighted by atomic mass is 10.0. The van der Waals surface area contributed by atoms with Crippen LogP contribution in [-0.2, 0) is 32.7 Å². The van der Waals surface area contributed by atoms with E-state index < -0.39 is 26.5 Å². The highest BCUT2D eigenvalue weighted by Gasteiger charge is 2.26. The molecule has 0 aliphatic carbocycles. The van der Waals surface area contributed by atoms with E-state index in [1.54, 1.807) is 0 Å². The van der Waals surface area contributed by atoms with E-state index in [1.807, 2.05) is 0 Å². The van der Waals surface area contributed by atoms with Crippen molar-refractivity contribution in [2.45, 2.75) is 219 Å². The van der Waals surface area contributed by atoms with Gasteiger partial charge in [0, 0.05) is 19.4 Å². The first kappa shape index (κ1) is 49.0. The smallest absolute Gasteiger partial charge is 0.462 e. The van der Waals surface area contributed by atoms with Gasteiger partial charge in [0.05, 0.1) is 13.2 Å². The predicted molar refractivity (Wildman–Crippen MR) is 206 cm³/mol. The van der Waals surface area contributed by atoms with E-state index in [-0.39, 0.29) is 38.6 Å². The van der Waals surface area contributed by atoms with Crippen molar-refractivity contribution in [3.8, 4) is 0 Å². The van der Waals surface area contributed by atoms with Gasteiger partial charge >= 0.3 is 19.8 Å². The quantitative estimate of drug-likeness (QED) is 0.0358. The first-order valence-electron chi connectivity index (χ1n) is 21.0. The van der Waals surface area contributed by atoms with Crippen molar-refractivity contribution in [2.24, 2.45) is 5.73 Å². The molecule has 0 rings (SSSR count). The molecule has 0 radical (unpaired) electrons. The summed E-state index contributed by atoms with van der Waals surface area (Å²) < 4.78 is 32.6. The van der Waals surface area contributed by atoms with Crippen LogP contribution in [0.15, 0.2) is 0 Å². The van der Waals surface area contributed by atoms with Crippen molar-refractivity contribution in [1.29, 1.82) is 0 Å². The first-order valence-corrected chi connectivity index (χ1v) is 22.5. The molecule has 0 amide bonds. The number of carbonyl (C=O) groups is 2. The molecular formula is C40H80NO8P. The Morgan fingerprint density at radius 3 is 1.22 bits per heavy atom. The predicted octanol–water partition coefficient (Wildman–Crippen LogP) is 11.7. The standard InChI is InChI=1S/C40H80NO8P/c1-3-5-7-9-11-13-14-15-16-17-18-19-20-21-22-23-24-25-27-29-31-33-40(43)49-38(37-48-50(44,45)47-35-34-41)36-46-39(42)32-30-28-26-12-10-8-6-4-2/h38H,3-37,41H2,1-2H3,(H,44,45). The molecule has 0 saturated carbocycles. The molecule has 298 valence electrons. The number of phosphoric acid groups is 1. The molecule has 0 aromatic carbocycles. The zero-order valence-electron chi connectivity index (χ0n) is 32.7. The van der Waals surface area contributed by atoms with Gasteiger partial charge in [-0.1, -0.05) is 187 Å². The lowest BCUT2D eigenvalue weighted by molar-refractivity contribution is -0.161. The van der Waals surface area contributed by atoms with Crippen LogP contribution in [0.3, 0.4) is 0 Å². The minimum Gasteiger partial charge on any atom is -0.462 e. The number of hydrogen-bond acceptors (Lipinski definition) is 8. The van der Waals surface area contributed by atoms with Gasteiger partial charge in [-0.3, -0.25) is 18.6 Å².